The highest BCUT2D eigenvalue weighted by atomic mass is 16.6. The normalized spacial score (nSPS) is 20.7. The van der Waals surface area contributed by atoms with E-state index in [-0.39, 0.29) is 0 Å². The van der Waals surface area contributed by atoms with Crippen molar-refractivity contribution in [3.63, 3.8) is 0 Å². The van der Waals surface area contributed by atoms with Crippen LogP contribution < -0.4 is 10.6 Å². The van der Waals surface area contributed by atoms with Crippen LogP contribution in [0.3, 0.4) is 0 Å². The van der Waals surface area contributed by atoms with Crippen LogP contribution in [0.15, 0.2) is 40.9 Å². The monoisotopic (exact) mass is 287 g/mol. The molecule has 1 aliphatic heterocycles. The fourth-order valence-electron chi connectivity index (χ4n) is 2.16. The molecule has 0 radical (unpaired) electrons. The largest absolute Gasteiger partial charge is 0.439 e. The zero-order valence-electron chi connectivity index (χ0n) is 11.2. The summed E-state index contributed by atoms with van der Waals surface area (Å²) in [4.78, 5) is 23.7. The number of hydrogen-bond acceptors (Lipinski definition) is 5. The van der Waals surface area contributed by atoms with E-state index < -0.39 is 24.1 Å². The number of cyclic esters (lactones) is 1. The molecule has 2 aromatic rings. The molecule has 2 amide bonds. The van der Waals surface area contributed by atoms with E-state index in [1.807, 2.05) is 18.2 Å². The number of ether oxygens (including phenoxy) is 1. The number of carbonyl (C=O) groups is 2. The van der Waals surface area contributed by atoms with Gasteiger partial charge in [0.1, 0.15) is 5.76 Å². The van der Waals surface area contributed by atoms with Gasteiger partial charge in [-0.05, 0) is 12.5 Å². The van der Waals surface area contributed by atoms with E-state index in [0.29, 0.717) is 11.6 Å². The first-order chi connectivity index (χ1) is 10.1. The van der Waals surface area contributed by atoms with Gasteiger partial charge in [-0.3, -0.25) is 4.79 Å². The maximum atomic E-state index is 12.3. The summed E-state index contributed by atoms with van der Waals surface area (Å²) in [6.45, 7) is 1.72. The Balaban J connectivity index is 1.79. The van der Waals surface area contributed by atoms with Crippen LogP contribution in [0.5, 0.6) is 0 Å². The van der Waals surface area contributed by atoms with E-state index in [9.17, 15) is 9.59 Å². The van der Waals surface area contributed by atoms with Gasteiger partial charge in [0.25, 0.3) is 5.91 Å². The smallest absolute Gasteiger partial charge is 0.408 e. The molecule has 1 fully saturated rings. The second-order valence-electron chi connectivity index (χ2n) is 4.67. The average molecular weight is 287 g/mol. The zero-order chi connectivity index (χ0) is 14.8. The predicted molar refractivity (Wildman–Crippen MR) is 72.5 cm³/mol. The summed E-state index contributed by atoms with van der Waals surface area (Å²) in [6, 6.07) is 9.84. The third-order valence-corrected chi connectivity index (χ3v) is 3.10. The maximum absolute atomic E-state index is 12.3. The van der Waals surface area contributed by atoms with Gasteiger partial charge in [0.2, 0.25) is 0 Å². The lowest BCUT2D eigenvalue weighted by Crippen LogP contribution is -2.40. The molecule has 1 aliphatic rings. The number of hydrogen-bond donors (Lipinski definition) is 2. The second-order valence-corrected chi connectivity index (χ2v) is 4.67. The SMILES string of the molecule is Cc1cc(NC(=O)C2NC(=O)OC2c2ccccc2)no1. The molecular formula is C14H13N3O4. The molecule has 1 aromatic heterocycles. The molecular weight excluding hydrogens is 274 g/mol. The van der Waals surface area contributed by atoms with Crippen molar-refractivity contribution < 1.29 is 18.8 Å². The fourth-order valence-corrected chi connectivity index (χ4v) is 2.16. The number of nitrogens with zero attached hydrogens (tertiary/aromatic N) is 1. The van der Waals surface area contributed by atoms with Gasteiger partial charge in [0, 0.05) is 6.07 Å². The van der Waals surface area contributed by atoms with Crippen LogP contribution in [0, 0.1) is 6.92 Å². The molecule has 2 atom stereocenters. The van der Waals surface area contributed by atoms with Gasteiger partial charge in [-0.15, -0.1) is 0 Å². The molecule has 1 aromatic carbocycles. The third kappa shape index (κ3) is 2.71. The quantitative estimate of drug-likeness (QED) is 0.897. The first kappa shape index (κ1) is 13.2. The number of alkyl carbamates (subject to hydrolysis) is 1. The molecule has 2 unspecified atom stereocenters. The Labute approximate surface area is 120 Å². The molecule has 21 heavy (non-hydrogen) atoms. The van der Waals surface area contributed by atoms with Crippen LogP contribution >= 0.6 is 0 Å². The van der Waals surface area contributed by atoms with Crippen molar-refractivity contribution in [2.24, 2.45) is 0 Å². The molecule has 7 heteroatoms. The molecule has 0 bridgehead atoms. The highest BCUT2D eigenvalue weighted by molar-refractivity contribution is 5.97. The molecule has 3 rings (SSSR count). The Bertz CT molecular complexity index is 668. The molecule has 0 saturated carbocycles. The highest BCUT2D eigenvalue weighted by Crippen LogP contribution is 2.27. The lowest BCUT2D eigenvalue weighted by atomic mass is 10.0. The van der Waals surface area contributed by atoms with Gasteiger partial charge in [-0.1, -0.05) is 35.5 Å². The lowest BCUT2D eigenvalue weighted by Gasteiger charge is -2.15. The van der Waals surface area contributed by atoms with E-state index in [2.05, 4.69) is 15.8 Å². The average Bonchev–Trinajstić information content (AvgIpc) is 3.06. The molecule has 0 spiro atoms. The summed E-state index contributed by atoms with van der Waals surface area (Å²) in [7, 11) is 0. The minimum atomic E-state index is -0.822. The number of rotatable bonds is 3. The van der Waals surface area contributed by atoms with Gasteiger partial charge in [0.15, 0.2) is 18.0 Å². The van der Waals surface area contributed by atoms with Crippen molar-refractivity contribution in [2.45, 2.75) is 19.1 Å². The Hall–Kier alpha value is -2.83. The Morgan fingerprint density at radius 1 is 1.33 bits per heavy atom. The minimum absolute atomic E-state index is 0.297. The van der Waals surface area contributed by atoms with Gasteiger partial charge in [-0.2, -0.15) is 0 Å². The standard InChI is InChI=1S/C14H13N3O4/c1-8-7-10(17-21-8)15-13(18)11-12(20-14(19)16-11)9-5-3-2-4-6-9/h2-7,11-12H,1H3,(H,16,19)(H,15,17,18). The molecule has 2 heterocycles. The highest BCUT2D eigenvalue weighted by Gasteiger charge is 2.40. The van der Waals surface area contributed by atoms with Crippen LogP contribution in [-0.4, -0.2) is 23.2 Å². The van der Waals surface area contributed by atoms with Gasteiger partial charge >= 0.3 is 6.09 Å². The van der Waals surface area contributed by atoms with E-state index in [4.69, 9.17) is 9.26 Å². The Morgan fingerprint density at radius 2 is 2.10 bits per heavy atom. The third-order valence-electron chi connectivity index (χ3n) is 3.10. The van der Waals surface area contributed by atoms with Crippen molar-refractivity contribution in [2.75, 3.05) is 5.32 Å². The number of carbonyl (C=O) groups excluding carboxylic acids is 2. The predicted octanol–water partition coefficient (Wildman–Crippen LogP) is 1.77. The molecule has 7 nitrogen and oxygen atoms in total. The van der Waals surface area contributed by atoms with E-state index in [1.54, 1.807) is 25.1 Å². The summed E-state index contributed by atoms with van der Waals surface area (Å²) in [5.41, 5.74) is 0.743. The number of nitrogens with one attached hydrogen (secondary N) is 2. The number of aryl methyl sites for hydroxylation is 1. The number of anilines is 1. The van der Waals surface area contributed by atoms with Crippen molar-refractivity contribution in [1.82, 2.24) is 10.5 Å². The van der Waals surface area contributed by atoms with Crippen LogP contribution in [-0.2, 0) is 9.53 Å². The van der Waals surface area contributed by atoms with Crippen LogP contribution in [0.25, 0.3) is 0 Å². The van der Waals surface area contributed by atoms with E-state index in [0.717, 1.165) is 5.56 Å². The molecule has 1 saturated heterocycles. The number of amides is 2. The zero-order valence-corrected chi connectivity index (χ0v) is 11.2. The van der Waals surface area contributed by atoms with Crippen molar-refractivity contribution in [3.8, 4) is 0 Å². The Kier molecular flexibility index (Phi) is 3.31. The second kappa shape index (κ2) is 5.28. The van der Waals surface area contributed by atoms with Crippen LogP contribution in [0.1, 0.15) is 17.4 Å². The van der Waals surface area contributed by atoms with Crippen molar-refractivity contribution >= 4 is 17.8 Å². The summed E-state index contributed by atoms with van der Waals surface area (Å²) in [6.07, 6.45) is -1.30. The summed E-state index contributed by atoms with van der Waals surface area (Å²) in [5, 5.41) is 8.77. The first-order valence-corrected chi connectivity index (χ1v) is 6.40. The van der Waals surface area contributed by atoms with Crippen molar-refractivity contribution in [3.05, 3.63) is 47.7 Å². The fraction of sp³-hybridized carbons (Fsp3) is 0.214. The maximum Gasteiger partial charge on any atom is 0.408 e. The van der Waals surface area contributed by atoms with Gasteiger partial charge in [0.05, 0.1) is 0 Å². The van der Waals surface area contributed by atoms with E-state index in [1.165, 1.54) is 0 Å². The van der Waals surface area contributed by atoms with Gasteiger partial charge in [-0.25, -0.2) is 4.79 Å². The molecule has 0 aliphatic carbocycles. The number of aromatic nitrogens is 1. The summed E-state index contributed by atoms with van der Waals surface area (Å²) < 4.78 is 10.0. The first-order valence-electron chi connectivity index (χ1n) is 6.40. The van der Waals surface area contributed by atoms with Gasteiger partial charge < -0.3 is 19.9 Å². The van der Waals surface area contributed by atoms with Crippen LogP contribution in [0.4, 0.5) is 10.6 Å². The lowest BCUT2D eigenvalue weighted by molar-refractivity contribution is -0.119. The summed E-state index contributed by atoms with van der Waals surface area (Å²) in [5.74, 6) is 0.463. The summed E-state index contributed by atoms with van der Waals surface area (Å²) >= 11 is 0. The van der Waals surface area contributed by atoms with Crippen molar-refractivity contribution in [1.29, 1.82) is 0 Å². The Morgan fingerprint density at radius 3 is 2.76 bits per heavy atom. The van der Waals surface area contributed by atoms with Crippen LogP contribution in [0.2, 0.25) is 0 Å². The topological polar surface area (TPSA) is 93.5 Å². The minimum Gasteiger partial charge on any atom is -0.439 e. The number of benzene rings is 1. The molecule has 108 valence electrons. The van der Waals surface area contributed by atoms with E-state index >= 15 is 0 Å². The molecule has 2 N–H and O–H groups in total.